The summed E-state index contributed by atoms with van der Waals surface area (Å²) in [5, 5.41) is 17.9. The molecule has 1 aromatic rings. The Bertz CT molecular complexity index is 611. The summed E-state index contributed by atoms with van der Waals surface area (Å²) in [5.41, 5.74) is 1.03. The molecule has 0 fully saturated rings. The average Bonchev–Trinajstić information content (AvgIpc) is 2.50. The molecular weight excluding hydrogens is 288 g/mol. The Hall–Kier alpha value is -2.01. The quantitative estimate of drug-likeness (QED) is 0.868. The third-order valence-electron chi connectivity index (χ3n) is 2.90. The zero-order valence-corrected chi connectivity index (χ0v) is 12.8. The fourth-order valence-corrected chi connectivity index (χ4v) is 2.02. The van der Waals surface area contributed by atoms with Crippen molar-refractivity contribution in [3.63, 3.8) is 0 Å². The number of nitrogens with zero attached hydrogens (tertiary/aromatic N) is 2. The van der Waals surface area contributed by atoms with E-state index in [1.807, 2.05) is 6.92 Å². The molecule has 21 heavy (non-hydrogen) atoms. The van der Waals surface area contributed by atoms with Crippen LogP contribution in [-0.2, 0) is 0 Å². The molecule has 0 spiro atoms. The number of amides is 1. The van der Waals surface area contributed by atoms with Crippen LogP contribution in [0.3, 0.4) is 0 Å². The number of halogens is 1. The number of hydrogen-bond acceptors (Lipinski definition) is 3. The first-order valence-electron chi connectivity index (χ1n) is 6.61. The first-order valence-corrected chi connectivity index (χ1v) is 6.99. The molecule has 0 aliphatic rings. The average molecular weight is 305 g/mol. The lowest BCUT2D eigenvalue weighted by molar-refractivity contribution is 0.0752. The molecule has 0 aliphatic heterocycles. The molecule has 0 saturated carbocycles. The van der Waals surface area contributed by atoms with Gasteiger partial charge in [-0.2, -0.15) is 5.26 Å². The smallest absolute Gasteiger partial charge is 0.253 e. The second-order valence-electron chi connectivity index (χ2n) is 4.53. The normalized spacial score (nSPS) is 11.0. The van der Waals surface area contributed by atoms with Crippen LogP contribution in [0.25, 0.3) is 0 Å². The van der Waals surface area contributed by atoms with Crippen molar-refractivity contribution in [1.82, 2.24) is 4.90 Å². The second-order valence-corrected chi connectivity index (χ2v) is 4.94. The van der Waals surface area contributed by atoms with Gasteiger partial charge >= 0.3 is 0 Å². The Morgan fingerprint density at radius 3 is 2.76 bits per heavy atom. The van der Waals surface area contributed by atoms with E-state index in [2.05, 4.69) is 17.9 Å². The number of hydrogen-bond donors (Lipinski definition) is 1. The topological polar surface area (TPSA) is 64.3 Å². The lowest BCUT2D eigenvalue weighted by Crippen LogP contribution is -2.34. The minimum atomic E-state index is -0.243. The van der Waals surface area contributed by atoms with Gasteiger partial charge in [0.15, 0.2) is 0 Å². The van der Waals surface area contributed by atoms with E-state index in [0.29, 0.717) is 29.2 Å². The molecule has 1 rings (SSSR count). The van der Waals surface area contributed by atoms with E-state index in [1.165, 1.54) is 0 Å². The van der Waals surface area contributed by atoms with Gasteiger partial charge in [-0.1, -0.05) is 23.4 Å². The second kappa shape index (κ2) is 8.32. The summed E-state index contributed by atoms with van der Waals surface area (Å²) in [5.74, 6) is 4.84. The summed E-state index contributed by atoms with van der Waals surface area (Å²) < 4.78 is 0. The summed E-state index contributed by atoms with van der Waals surface area (Å²) >= 11 is 6.08. The Morgan fingerprint density at radius 2 is 2.24 bits per heavy atom. The van der Waals surface area contributed by atoms with Crippen LogP contribution >= 0.6 is 11.6 Å². The highest BCUT2D eigenvalue weighted by molar-refractivity contribution is 6.32. The van der Waals surface area contributed by atoms with Crippen molar-refractivity contribution in [3.8, 4) is 17.9 Å². The third-order valence-corrected chi connectivity index (χ3v) is 3.21. The summed E-state index contributed by atoms with van der Waals surface area (Å²) in [6.45, 7) is 4.30. The maximum atomic E-state index is 12.4. The molecule has 1 atom stereocenters. The van der Waals surface area contributed by atoms with Crippen LogP contribution in [0.1, 0.15) is 29.8 Å². The van der Waals surface area contributed by atoms with Crippen molar-refractivity contribution in [2.24, 2.45) is 5.92 Å². The van der Waals surface area contributed by atoms with Crippen molar-refractivity contribution in [2.45, 2.75) is 13.8 Å². The van der Waals surface area contributed by atoms with Gasteiger partial charge in [0.1, 0.15) is 6.61 Å². The molecular formula is C16H17ClN2O2. The van der Waals surface area contributed by atoms with Gasteiger partial charge in [0.2, 0.25) is 0 Å². The Morgan fingerprint density at radius 1 is 1.52 bits per heavy atom. The molecule has 0 radical (unpaired) electrons. The zero-order chi connectivity index (χ0) is 15.8. The van der Waals surface area contributed by atoms with Gasteiger partial charge in [-0.05, 0) is 32.0 Å². The molecule has 0 saturated heterocycles. The molecule has 0 aromatic heterocycles. The SMILES string of the molecule is CCN(CC(C)C#N)C(=O)c1ccc(C#CCO)c(Cl)c1. The molecule has 110 valence electrons. The predicted molar refractivity (Wildman–Crippen MR) is 81.8 cm³/mol. The standard InChI is InChI=1S/C16H17ClN2O2/c1-3-19(11-12(2)10-18)16(21)14-7-6-13(5-4-8-20)15(17)9-14/h6-7,9,12,20H,3,8,11H2,1-2H3. The maximum absolute atomic E-state index is 12.4. The Kier molecular flexibility index (Phi) is 6.75. The van der Waals surface area contributed by atoms with E-state index in [1.54, 1.807) is 30.0 Å². The number of carbonyl (C=O) groups excluding carboxylic acids is 1. The molecule has 1 unspecified atom stereocenters. The zero-order valence-electron chi connectivity index (χ0n) is 12.1. The number of carbonyl (C=O) groups is 1. The summed E-state index contributed by atoms with van der Waals surface area (Å²) in [6.07, 6.45) is 0. The molecule has 0 bridgehead atoms. The largest absolute Gasteiger partial charge is 0.384 e. The van der Waals surface area contributed by atoms with Crippen molar-refractivity contribution >= 4 is 17.5 Å². The van der Waals surface area contributed by atoms with Crippen LogP contribution < -0.4 is 0 Å². The van der Waals surface area contributed by atoms with Gasteiger partial charge in [-0.15, -0.1) is 0 Å². The van der Waals surface area contributed by atoms with Crippen LogP contribution in [0.2, 0.25) is 5.02 Å². The van der Waals surface area contributed by atoms with Crippen LogP contribution in [0.4, 0.5) is 0 Å². The van der Waals surface area contributed by atoms with Crippen molar-refractivity contribution in [2.75, 3.05) is 19.7 Å². The van der Waals surface area contributed by atoms with Crippen LogP contribution in [0.15, 0.2) is 18.2 Å². The van der Waals surface area contributed by atoms with Gasteiger partial charge in [0.05, 0.1) is 17.0 Å². The van der Waals surface area contributed by atoms with Crippen LogP contribution in [0.5, 0.6) is 0 Å². The molecule has 1 aromatic carbocycles. The Labute approximate surface area is 129 Å². The van der Waals surface area contributed by atoms with E-state index < -0.39 is 0 Å². The van der Waals surface area contributed by atoms with E-state index >= 15 is 0 Å². The van der Waals surface area contributed by atoms with E-state index in [4.69, 9.17) is 22.0 Å². The minimum absolute atomic E-state index is 0.164. The van der Waals surface area contributed by atoms with Crippen molar-refractivity contribution in [3.05, 3.63) is 34.3 Å². The number of nitriles is 1. The van der Waals surface area contributed by atoms with Crippen LogP contribution in [0, 0.1) is 29.1 Å². The van der Waals surface area contributed by atoms with Gasteiger partial charge in [-0.3, -0.25) is 4.79 Å². The number of aliphatic hydroxyl groups excluding tert-OH is 1. The minimum Gasteiger partial charge on any atom is -0.384 e. The van der Waals surface area contributed by atoms with Gasteiger partial charge in [0, 0.05) is 24.2 Å². The maximum Gasteiger partial charge on any atom is 0.253 e. The van der Waals surface area contributed by atoms with Crippen LogP contribution in [-0.4, -0.2) is 35.6 Å². The van der Waals surface area contributed by atoms with Crippen molar-refractivity contribution in [1.29, 1.82) is 5.26 Å². The highest BCUT2D eigenvalue weighted by atomic mass is 35.5. The summed E-state index contributed by atoms with van der Waals surface area (Å²) in [4.78, 5) is 14.0. The molecule has 5 heteroatoms. The number of rotatable bonds is 4. The van der Waals surface area contributed by atoms with E-state index in [-0.39, 0.29) is 18.4 Å². The van der Waals surface area contributed by atoms with E-state index in [0.717, 1.165) is 0 Å². The lowest BCUT2D eigenvalue weighted by Gasteiger charge is -2.22. The summed E-state index contributed by atoms with van der Waals surface area (Å²) in [6, 6.07) is 6.98. The van der Waals surface area contributed by atoms with E-state index in [9.17, 15) is 4.79 Å². The van der Waals surface area contributed by atoms with Gasteiger partial charge in [0.25, 0.3) is 5.91 Å². The highest BCUT2D eigenvalue weighted by Crippen LogP contribution is 2.18. The Balaban J connectivity index is 2.97. The first kappa shape index (κ1) is 17.0. The summed E-state index contributed by atoms with van der Waals surface area (Å²) in [7, 11) is 0. The molecule has 1 amide bonds. The molecule has 0 aliphatic carbocycles. The van der Waals surface area contributed by atoms with Crippen molar-refractivity contribution < 1.29 is 9.90 Å². The fourth-order valence-electron chi connectivity index (χ4n) is 1.79. The monoisotopic (exact) mass is 304 g/mol. The highest BCUT2D eigenvalue weighted by Gasteiger charge is 2.17. The van der Waals surface area contributed by atoms with Gasteiger partial charge in [-0.25, -0.2) is 0 Å². The number of aliphatic hydroxyl groups is 1. The lowest BCUT2D eigenvalue weighted by atomic mass is 10.1. The first-order chi connectivity index (χ1) is 10.0. The predicted octanol–water partition coefficient (Wildman–Crippen LogP) is 2.31. The molecule has 0 heterocycles. The van der Waals surface area contributed by atoms with Gasteiger partial charge < -0.3 is 10.0 Å². The fraction of sp³-hybridized carbons (Fsp3) is 0.375. The third kappa shape index (κ3) is 4.79. The molecule has 4 nitrogen and oxygen atoms in total. The molecule has 1 N–H and O–H groups in total. The number of benzene rings is 1.